The zero-order chi connectivity index (χ0) is 20.4. The van der Waals surface area contributed by atoms with Gasteiger partial charge in [0.05, 0.1) is 24.8 Å². The fourth-order valence-corrected chi connectivity index (χ4v) is 3.80. The maximum atomic E-state index is 6.19. The van der Waals surface area contributed by atoms with E-state index in [0.717, 1.165) is 50.0 Å². The van der Waals surface area contributed by atoms with E-state index in [1.807, 2.05) is 62.4 Å². The quantitative estimate of drug-likeness (QED) is 0.419. The zero-order valence-electron chi connectivity index (χ0n) is 16.9. The van der Waals surface area contributed by atoms with Gasteiger partial charge in [-0.2, -0.15) is 0 Å². The molecule has 2 aromatic carbocycles. The summed E-state index contributed by atoms with van der Waals surface area (Å²) in [5.74, 6) is 2.32. The van der Waals surface area contributed by atoms with Crippen LogP contribution in [0, 0.1) is 13.8 Å². The second-order valence-electron chi connectivity index (χ2n) is 6.57. The molecule has 0 N–H and O–H groups in total. The molecule has 2 heterocycles. The van der Waals surface area contributed by atoms with E-state index < -0.39 is 0 Å². The minimum absolute atomic E-state index is 0.601. The molecule has 0 aliphatic rings. The smallest absolute Gasteiger partial charge is 0.210 e. The minimum atomic E-state index is 0.601. The third kappa shape index (κ3) is 4.03. The van der Waals surface area contributed by atoms with Gasteiger partial charge >= 0.3 is 0 Å². The topological polar surface area (TPSA) is 56.9 Å². The van der Waals surface area contributed by atoms with Crippen molar-refractivity contribution in [1.82, 2.24) is 4.98 Å². The second-order valence-corrected chi connectivity index (χ2v) is 7.75. The largest absolute Gasteiger partial charge is 0.497 e. The zero-order valence-corrected chi connectivity index (χ0v) is 17.7. The highest BCUT2D eigenvalue weighted by Crippen LogP contribution is 2.28. The number of aromatic nitrogens is 1. The van der Waals surface area contributed by atoms with Gasteiger partial charge in [-0.15, -0.1) is 0 Å². The summed E-state index contributed by atoms with van der Waals surface area (Å²) in [6.07, 6.45) is 0. The van der Waals surface area contributed by atoms with Crippen LogP contribution >= 0.6 is 11.3 Å². The SMILES string of the molecule is CCOc1ccc2oc(-c3ccc(OC)cc3)cc(=Nc3nc(C)c(C)s3)c2c1. The fourth-order valence-electron chi connectivity index (χ4n) is 3.00. The summed E-state index contributed by atoms with van der Waals surface area (Å²) < 4.78 is 17.1. The molecule has 148 valence electrons. The molecule has 4 aromatic rings. The lowest BCUT2D eigenvalue weighted by Gasteiger charge is -2.08. The van der Waals surface area contributed by atoms with Crippen molar-refractivity contribution < 1.29 is 13.9 Å². The molecule has 0 spiro atoms. The van der Waals surface area contributed by atoms with Crippen LogP contribution in [0.15, 0.2) is 57.9 Å². The van der Waals surface area contributed by atoms with Crippen LogP contribution in [-0.2, 0) is 0 Å². The third-order valence-electron chi connectivity index (χ3n) is 4.63. The summed E-state index contributed by atoms with van der Waals surface area (Å²) in [7, 11) is 1.65. The molecule has 0 aliphatic heterocycles. The standard InChI is InChI=1S/C23H22N2O3S/c1-5-27-18-10-11-21-19(12-18)20(25-23-24-14(2)15(3)29-23)13-22(28-21)16-6-8-17(26-4)9-7-16/h6-13H,5H2,1-4H3. The van der Waals surface area contributed by atoms with Gasteiger partial charge in [0.25, 0.3) is 0 Å². The van der Waals surface area contributed by atoms with Gasteiger partial charge in [-0.3, -0.25) is 0 Å². The number of fused-ring (bicyclic) bond motifs is 1. The second kappa shape index (κ2) is 8.09. The first-order chi connectivity index (χ1) is 14.1. The summed E-state index contributed by atoms with van der Waals surface area (Å²) in [6.45, 7) is 6.62. The lowest BCUT2D eigenvalue weighted by Crippen LogP contribution is -2.04. The number of nitrogens with zero attached hydrogens (tertiary/aromatic N) is 2. The van der Waals surface area contributed by atoms with Gasteiger partial charge in [0, 0.05) is 21.9 Å². The molecule has 0 saturated carbocycles. The highest BCUT2D eigenvalue weighted by Gasteiger charge is 2.09. The van der Waals surface area contributed by atoms with Gasteiger partial charge < -0.3 is 13.9 Å². The number of benzene rings is 2. The van der Waals surface area contributed by atoms with E-state index in [1.54, 1.807) is 18.4 Å². The Morgan fingerprint density at radius 3 is 2.45 bits per heavy atom. The molecule has 6 heteroatoms. The normalized spacial score (nSPS) is 11.8. The van der Waals surface area contributed by atoms with Crippen LogP contribution in [0.25, 0.3) is 22.3 Å². The molecule has 0 amide bonds. The molecule has 0 fully saturated rings. The van der Waals surface area contributed by atoms with E-state index in [0.29, 0.717) is 6.61 Å². The van der Waals surface area contributed by atoms with Crippen LogP contribution in [0.2, 0.25) is 0 Å². The van der Waals surface area contributed by atoms with E-state index in [1.165, 1.54) is 4.88 Å². The fraction of sp³-hybridized carbons (Fsp3) is 0.217. The number of aryl methyl sites for hydroxylation is 2. The highest BCUT2D eigenvalue weighted by atomic mass is 32.1. The summed E-state index contributed by atoms with van der Waals surface area (Å²) in [6, 6.07) is 15.5. The average Bonchev–Trinajstić information content (AvgIpc) is 3.05. The molecule has 29 heavy (non-hydrogen) atoms. The molecule has 0 atom stereocenters. The first-order valence-corrected chi connectivity index (χ1v) is 10.2. The molecule has 5 nitrogen and oxygen atoms in total. The Morgan fingerprint density at radius 2 is 1.79 bits per heavy atom. The van der Waals surface area contributed by atoms with Gasteiger partial charge in [0.15, 0.2) is 0 Å². The van der Waals surface area contributed by atoms with Crippen molar-refractivity contribution in [2.45, 2.75) is 20.8 Å². The van der Waals surface area contributed by atoms with E-state index in [4.69, 9.17) is 18.9 Å². The molecule has 2 aromatic heterocycles. The lowest BCUT2D eigenvalue weighted by molar-refractivity contribution is 0.340. The van der Waals surface area contributed by atoms with E-state index >= 15 is 0 Å². The monoisotopic (exact) mass is 406 g/mol. The maximum absolute atomic E-state index is 6.19. The predicted octanol–water partition coefficient (Wildman–Crippen LogP) is 5.81. The number of rotatable bonds is 5. The average molecular weight is 407 g/mol. The minimum Gasteiger partial charge on any atom is -0.497 e. The van der Waals surface area contributed by atoms with Gasteiger partial charge in [-0.25, -0.2) is 9.98 Å². The Bertz CT molecular complexity index is 1200. The Hall–Kier alpha value is -3.12. The Kier molecular flexibility index (Phi) is 5.36. The highest BCUT2D eigenvalue weighted by molar-refractivity contribution is 7.15. The van der Waals surface area contributed by atoms with Crippen LogP contribution < -0.4 is 14.8 Å². The van der Waals surface area contributed by atoms with E-state index in [2.05, 4.69) is 11.9 Å². The summed E-state index contributed by atoms with van der Waals surface area (Å²) in [5, 5.41) is 2.42. The van der Waals surface area contributed by atoms with Crippen LogP contribution in [-0.4, -0.2) is 18.7 Å². The molecular weight excluding hydrogens is 384 g/mol. The van der Waals surface area contributed by atoms with Crippen LogP contribution in [0.1, 0.15) is 17.5 Å². The van der Waals surface area contributed by atoms with Crippen molar-refractivity contribution in [3.8, 4) is 22.8 Å². The molecule has 0 unspecified atom stereocenters. The van der Waals surface area contributed by atoms with Crippen molar-refractivity contribution in [2.24, 2.45) is 4.99 Å². The first kappa shape index (κ1) is 19.2. The van der Waals surface area contributed by atoms with Gasteiger partial charge in [-0.05, 0) is 63.2 Å². The van der Waals surface area contributed by atoms with Gasteiger partial charge in [-0.1, -0.05) is 11.3 Å². The van der Waals surface area contributed by atoms with Crippen molar-refractivity contribution in [1.29, 1.82) is 0 Å². The molecule has 0 bridgehead atoms. The van der Waals surface area contributed by atoms with Crippen LogP contribution in [0.5, 0.6) is 11.5 Å². The first-order valence-electron chi connectivity index (χ1n) is 9.41. The Balaban J connectivity index is 1.93. The Morgan fingerprint density at radius 1 is 1.03 bits per heavy atom. The van der Waals surface area contributed by atoms with Crippen molar-refractivity contribution in [2.75, 3.05) is 13.7 Å². The molecular formula is C23H22N2O3S. The molecule has 0 saturated heterocycles. The van der Waals surface area contributed by atoms with Crippen LogP contribution in [0.4, 0.5) is 5.13 Å². The number of thiazole rings is 1. The van der Waals surface area contributed by atoms with Crippen molar-refractivity contribution >= 4 is 27.4 Å². The van der Waals surface area contributed by atoms with E-state index in [-0.39, 0.29) is 0 Å². The summed E-state index contributed by atoms with van der Waals surface area (Å²) >= 11 is 1.58. The van der Waals surface area contributed by atoms with Crippen molar-refractivity contribution in [3.63, 3.8) is 0 Å². The Labute approximate surface area is 173 Å². The predicted molar refractivity (Wildman–Crippen MR) is 116 cm³/mol. The summed E-state index contributed by atoms with van der Waals surface area (Å²) in [4.78, 5) is 10.6. The third-order valence-corrected chi connectivity index (χ3v) is 5.60. The molecule has 4 rings (SSSR count). The van der Waals surface area contributed by atoms with Crippen molar-refractivity contribution in [3.05, 3.63) is 64.5 Å². The maximum Gasteiger partial charge on any atom is 0.210 e. The summed E-state index contributed by atoms with van der Waals surface area (Å²) in [5.41, 5.74) is 2.69. The number of ether oxygens (including phenoxy) is 2. The molecule has 0 aliphatic carbocycles. The van der Waals surface area contributed by atoms with Gasteiger partial charge in [0.1, 0.15) is 22.8 Å². The number of hydrogen-bond donors (Lipinski definition) is 0. The van der Waals surface area contributed by atoms with Gasteiger partial charge in [0.2, 0.25) is 5.13 Å². The van der Waals surface area contributed by atoms with Crippen LogP contribution in [0.3, 0.4) is 0 Å². The van der Waals surface area contributed by atoms with E-state index in [9.17, 15) is 0 Å². The lowest BCUT2D eigenvalue weighted by atomic mass is 10.1. The number of methoxy groups -OCH3 is 1. The number of hydrogen-bond acceptors (Lipinski definition) is 6. The molecule has 0 radical (unpaired) electrons.